The first-order valence-corrected chi connectivity index (χ1v) is 6.62. The Balaban J connectivity index is 2.83. The SMILES string of the molecule is Cc1c(Br)cccc1C(=O)NC(CCC(=O)O)C(=O)O. The predicted molar refractivity (Wildman–Crippen MR) is 74.6 cm³/mol. The monoisotopic (exact) mass is 343 g/mol. The summed E-state index contributed by atoms with van der Waals surface area (Å²) in [6.45, 7) is 1.73. The van der Waals surface area contributed by atoms with Gasteiger partial charge in [-0.2, -0.15) is 0 Å². The molecule has 0 spiro atoms. The molecule has 0 bridgehead atoms. The molecule has 3 N–H and O–H groups in total. The van der Waals surface area contributed by atoms with Crippen LogP contribution in [-0.2, 0) is 9.59 Å². The van der Waals surface area contributed by atoms with E-state index in [1.54, 1.807) is 25.1 Å². The van der Waals surface area contributed by atoms with Gasteiger partial charge in [-0.05, 0) is 31.0 Å². The number of halogens is 1. The van der Waals surface area contributed by atoms with E-state index < -0.39 is 23.9 Å². The average molecular weight is 344 g/mol. The maximum atomic E-state index is 12.0. The summed E-state index contributed by atoms with van der Waals surface area (Å²) in [7, 11) is 0. The number of rotatable bonds is 6. The van der Waals surface area contributed by atoms with E-state index in [0.29, 0.717) is 11.1 Å². The molecule has 1 unspecified atom stereocenters. The molecule has 0 saturated carbocycles. The van der Waals surface area contributed by atoms with Crippen molar-refractivity contribution in [3.63, 3.8) is 0 Å². The van der Waals surface area contributed by atoms with E-state index in [0.717, 1.165) is 4.47 Å². The molecule has 0 aliphatic heterocycles. The highest BCUT2D eigenvalue weighted by atomic mass is 79.9. The molecule has 0 aliphatic rings. The first-order chi connectivity index (χ1) is 9.32. The molecule has 1 aromatic carbocycles. The number of carboxylic acids is 2. The van der Waals surface area contributed by atoms with Gasteiger partial charge in [-0.3, -0.25) is 9.59 Å². The Hall–Kier alpha value is -1.89. The maximum Gasteiger partial charge on any atom is 0.326 e. The van der Waals surface area contributed by atoms with Gasteiger partial charge in [-0.1, -0.05) is 22.0 Å². The molecule has 1 aromatic rings. The molecule has 108 valence electrons. The number of hydrogen-bond acceptors (Lipinski definition) is 3. The van der Waals surface area contributed by atoms with Crippen LogP contribution in [0.1, 0.15) is 28.8 Å². The summed E-state index contributed by atoms with van der Waals surface area (Å²) in [5, 5.41) is 19.9. The minimum Gasteiger partial charge on any atom is -0.481 e. The zero-order valence-electron chi connectivity index (χ0n) is 10.7. The average Bonchev–Trinajstić information content (AvgIpc) is 2.36. The second-order valence-corrected chi connectivity index (χ2v) is 5.06. The number of carbonyl (C=O) groups excluding carboxylic acids is 1. The Bertz CT molecular complexity index is 544. The van der Waals surface area contributed by atoms with Gasteiger partial charge < -0.3 is 15.5 Å². The normalized spacial score (nSPS) is 11.7. The van der Waals surface area contributed by atoms with Crippen LogP contribution in [0.5, 0.6) is 0 Å². The van der Waals surface area contributed by atoms with E-state index in [4.69, 9.17) is 10.2 Å². The molecular weight excluding hydrogens is 330 g/mol. The van der Waals surface area contributed by atoms with E-state index in [1.165, 1.54) is 0 Å². The van der Waals surface area contributed by atoms with Crippen LogP contribution in [0, 0.1) is 6.92 Å². The summed E-state index contributed by atoms with van der Waals surface area (Å²) in [6, 6.07) is 3.78. The summed E-state index contributed by atoms with van der Waals surface area (Å²) in [5.41, 5.74) is 1.04. The van der Waals surface area contributed by atoms with Crippen molar-refractivity contribution in [3.05, 3.63) is 33.8 Å². The summed E-state index contributed by atoms with van der Waals surface area (Å²) in [4.78, 5) is 33.5. The molecule has 0 heterocycles. The Labute approximate surface area is 123 Å². The van der Waals surface area contributed by atoms with Crippen LogP contribution < -0.4 is 5.32 Å². The van der Waals surface area contributed by atoms with Crippen molar-refractivity contribution in [3.8, 4) is 0 Å². The number of amides is 1. The zero-order chi connectivity index (χ0) is 15.3. The lowest BCUT2D eigenvalue weighted by Crippen LogP contribution is -2.41. The van der Waals surface area contributed by atoms with Crippen LogP contribution in [0.2, 0.25) is 0 Å². The summed E-state index contributed by atoms with van der Waals surface area (Å²) < 4.78 is 0.738. The minimum absolute atomic E-state index is 0.163. The third kappa shape index (κ3) is 4.34. The Morgan fingerprint density at radius 3 is 2.50 bits per heavy atom. The van der Waals surface area contributed by atoms with Crippen molar-refractivity contribution < 1.29 is 24.6 Å². The summed E-state index contributed by atoms with van der Waals surface area (Å²) >= 11 is 3.29. The quantitative estimate of drug-likeness (QED) is 0.730. The molecule has 7 heteroatoms. The van der Waals surface area contributed by atoms with Gasteiger partial charge >= 0.3 is 11.9 Å². The number of carboxylic acid groups (broad SMARTS) is 2. The van der Waals surface area contributed by atoms with Crippen LogP contribution in [0.25, 0.3) is 0 Å². The van der Waals surface area contributed by atoms with E-state index in [9.17, 15) is 14.4 Å². The number of aliphatic carboxylic acids is 2. The standard InChI is InChI=1S/C13H14BrNO5/c1-7-8(3-2-4-9(7)14)12(18)15-10(13(19)20)5-6-11(16)17/h2-4,10H,5-6H2,1H3,(H,15,18)(H,16,17)(H,19,20). The Kier molecular flexibility index (Phi) is 5.69. The lowest BCUT2D eigenvalue weighted by molar-refractivity contribution is -0.140. The third-order valence-corrected chi connectivity index (χ3v) is 3.62. The van der Waals surface area contributed by atoms with Crippen LogP contribution in [0.4, 0.5) is 0 Å². The van der Waals surface area contributed by atoms with Crippen LogP contribution in [0.3, 0.4) is 0 Å². The van der Waals surface area contributed by atoms with Crippen molar-refractivity contribution in [1.82, 2.24) is 5.32 Å². The van der Waals surface area contributed by atoms with Gasteiger partial charge in [0.25, 0.3) is 5.91 Å². The van der Waals surface area contributed by atoms with Gasteiger partial charge in [0.05, 0.1) is 0 Å². The van der Waals surface area contributed by atoms with Gasteiger partial charge in [0.2, 0.25) is 0 Å². The molecule has 0 fully saturated rings. The fraction of sp³-hybridized carbons (Fsp3) is 0.308. The highest BCUT2D eigenvalue weighted by molar-refractivity contribution is 9.10. The highest BCUT2D eigenvalue weighted by Gasteiger charge is 2.22. The van der Waals surface area contributed by atoms with E-state index >= 15 is 0 Å². The zero-order valence-corrected chi connectivity index (χ0v) is 12.3. The lowest BCUT2D eigenvalue weighted by atomic mass is 10.1. The fourth-order valence-corrected chi connectivity index (χ4v) is 1.98. The number of carbonyl (C=O) groups is 3. The number of benzene rings is 1. The first-order valence-electron chi connectivity index (χ1n) is 5.83. The lowest BCUT2D eigenvalue weighted by Gasteiger charge is -2.15. The maximum absolute atomic E-state index is 12.0. The summed E-state index contributed by atoms with van der Waals surface area (Å²) in [6.07, 6.45) is -0.488. The van der Waals surface area contributed by atoms with Crippen LogP contribution in [0.15, 0.2) is 22.7 Å². The van der Waals surface area contributed by atoms with Crippen molar-refractivity contribution in [2.45, 2.75) is 25.8 Å². The van der Waals surface area contributed by atoms with Crippen LogP contribution >= 0.6 is 15.9 Å². The van der Waals surface area contributed by atoms with Gasteiger partial charge in [0.1, 0.15) is 6.04 Å². The third-order valence-electron chi connectivity index (χ3n) is 2.76. The molecule has 0 saturated heterocycles. The van der Waals surface area contributed by atoms with E-state index in [2.05, 4.69) is 21.2 Å². The molecular formula is C13H14BrNO5. The Morgan fingerprint density at radius 2 is 1.95 bits per heavy atom. The predicted octanol–water partition coefficient (Wildman–Crippen LogP) is 1.81. The van der Waals surface area contributed by atoms with E-state index in [-0.39, 0.29) is 12.8 Å². The van der Waals surface area contributed by atoms with Gasteiger partial charge in [0, 0.05) is 16.5 Å². The van der Waals surface area contributed by atoms with Gasteiger partial charge in [-0.15, -0.1) is 0 Å². The van der Waals surface area contributed by atoms with Crippen molar-refractivity contribution in [2.24, 2.45) is 0 Å². The number of hydrogen-bond donors (Lipinski definition) is 3. The van der Waals surface area contributed by atoms with Crippen molar-refractivity contribution >= 4 is 33.8 Å². The topological polar surface area (TPSA) is 104 Å². The van der Waals surface area contributed by atoms with Crippen molar-refractivity contribution in [1.29, 1.82) is 0 Å². The van der Waals surface area contributed by atoms with Gasteiger partial charge in [0.15, 0.2) is 0 Å². The van der Waals surface area contributed by atoms with Gasteiger partial charge in [-0.25, -0.2) is 4.79 Å². The minimum atomic E-state index is -1.26. The molecule has 0 aromatic heterocycles. The fourth-order valence-electron chi connectivity index (χ4n) is 1.61. The number of nitrogens with one attached hydrogen (secondary N) is 1. The van der Waals surface area contributed by atoms with E-state index in [1.807, 2.05) is 0 Å². The second-order valence-electron chi connectivity index (χ2n) is 4.21. The molecule has 0 radical (unpaired) electrons. The molecule has 6 nitrogen and oxygen atoms in total. The van der Waals surface area contributed by atoms with Crippen molar-refractivity contribution in [2.75, 3.05) is 0 Å². The largest absolute Gasteiger partial charge is 0.481 e. The molecule has 1 amide bonds. The second kappa shape index (κ2) is 7.04. The highest BCUT2D eigenvalue weighted by Crippen LogP contribution is 2.19. The molecule has 20 heavy (non-hydrogen) atoms. The summed E-state index contributed by atoms with van der Waals surface area (Å²) in [5.74, 6) is -2.90. The van der Waals surface area contributed by atoms with Crippen LogP contribution in [-0.4, -0.2) is 34.1 Å². The molecule has 0 aliphatic carbocycles. The smallest absolute Gasteiger partial charge is 0.326 e. The molecule has 1 rings (SSSR count). The molecule has 1 atom stereocenters. The first kappa shape index (κ1) is 16.2. The Morgan fingerprint density at radius 1 is 1.30 bits per heavy atom.